The number of aryl methyl sites for hydroxylation is 1. The molecule has 0 spiro atoms. The molecule has 0 bridgehead atoms. The predicted molar refractivity (Wildman–Crippen MR) is 91.8 cm³/mol. The third-order valence-electron chi connectivity index (χ3n) is 3.63. The Morgan fingerprint density at radius 1 is 0.864 bits per heavy atom. The van der Waals surface area contributed by atoms with Crippen molar-refractivity contribution in [2.75, 3.05) is 5.73 Å². The fraction of sp³-hybridized carbons (Fsp3) is 0.100. The minimum Gasteiger partial charge on any atom is -0.489 e. The van der Waals surface area contributed by atoms with E-state index in [-0.39, 0.29) is 0 Å². The number of nitrogen functional groups attached to an aromatic ring is 1. The number of hydrogen-bond acceptors (Lipinski definition) is 2. The summed E-state index contributed by atoms with van der Waals surface area (Å²) in [6.45, 7) is 2.64. The number of anilines is 1. The third kappa shape index (κ3) is 3.29. The minimum absolute atomic E-state index is 0.539. The number of benzene rings is 3. The molecule has 0 aliphatic rings. The summed E-state index contributed by atoms with van der Waals surface area (Å²) in [5.41, 5.74) is 11.4. The molecule has 0 radical (unpaired) electrons. The van der Waals surface area contributed by atoms with Crippen LogP contribution < -0.4 is 10.5 Å². The molecule has 0 aliphatic heterocycles. The van der Waals surface area contributed by atoms with E-state index in [4.69, 9.17) is 10.5 Å². The second kappa shape index (κ2) is 6.35. The molecule has 0 amide bonds. The molecule has 0 unspecified atom stereocenters. The van der Waals surface area contributed by atoms with Gasteiger partial charge in [0.2, 0.25) is 0 Å². The molecule has 110 valence electrons. The summed E-state index contributed by atoms with van der Waals surface area (Å²) >= 11 is 0. The highest BCUT2D eigenvalue weighted by Crippen LogP contribution is 2.29. The van der Waals surface area contributed by atoms with E-state index in [2.05, 4.69) is 31.2 Å². The lowest BCUT2D eigenvalue weighted by atomic mass is 10.00. The van der Waals surface area contributed by atoms with Crippen LogP contribution in [0.3, 0.4) is 0 Å². The van der Waals surface area contributed by atoms with E-state index >= 15 is 0 Å². The van der Waals surface area contributed by atoms with Crippen molar-refractivity contribution in [1.82, 2.24) is 0 Å². The molecule has 0 fully saturated rings. The van der Waals surface area contributed by atoms with Crippen molar-refractivity contribution in [2.45, 2.75) is 13.5 Å². The normalized spacial score (nSPS) is 10.4. The zero-order valence-electron chi connectivity index (χ0n) is 12.6. The average molecular weight is 289 g/mol. The summed E-state index contributed by atoms with van der Waals surface area (Å²) in [5, 5.41) is 0. The van der Waals surface area contributed by atoms with Crippen LogP contribution in [0.4, 0.5) is 5.69 Å². The van der Waals surface area contributed by atoms with Crippen molar-refractivity contribution in [3.8, 4) is 16.9 Å². The van der Waals surface area contributed by atoms with Crippen molar-refractivity contribution >= 4 is 5.69 Å². The molecule has 0 aliphatic carbocycles. The van der Waals surface area contributed by atoms with Crippen molar-refractivity contribution in [3.63, 3.8) is 0 Å². The Morgan fingerprint density at radius 2 is 1.59 bits per heavy atom. The quantitative estimate of drug-likeness (QED) is 0.699. The lowest BCUT2D eigenvalue weighted by molar-refractivity contribution is 0.306. The Morgan fingerprint density at radius 3 is 2.36 bits per heavy atom. The first kappa shape index (κ1) is 14.2. The van der Waals surface area contributed by atoms with E-state index in [0.29, 0.717) is 12.3 Å². The zero-order chi connectivity index (χ0) is 15.4. The van der Waals surface area contributed by atoms with Crippen molar-refractivity contribution in [1.29, 1.82) is 0 Å². The summed E-state index contributed by atoms with van der Waals surface area (Å²) in [5.74, 6) is 0.794. The largest absolute Gasteiger partial charge is 0.489 e. The molecular formula is C20H19NO. The number of ether oxygens (including phenoxy) is 1. The van der Waals surface area contributed by atoms with E-state index in [1.807, 2.05) is 48.5 Å². The molecule has 3 aromatic carbocycles. The molecule has 0 saturated heterocycles. The van der Waals surface area contributed by atoms with Crippen molar-refractivity contribution in [2.24, 2.45) is 0 Å². The number of nitrogens with two attached hydrogens (primary N) is 1. The summed E-state index contributed by atoms with van der Waals surface area (Å²) in [7, 11) is 0. The Hall–Kier alpha value is -2.74. The maximum atomic E-state index is 6.04. The highest BCUT2D eigenvalue weighted by molar-refractivity contribution is 5.72. The van der Waals surface area contributed by atoms with Crippen LogP contribution >= 0.6 is 0 Å². The van der Waals surface area contributed by atoms with Gasteiger partial charge in [0.25, 0.3) is 0 Å². The summed E-state index contributed by atoms with van der Waals surface area (Å²) in [6.07, 6.45) is 0. The van der Waals surface area contributed by atoms with E-state index in [1.165, 1.54) is 11.1 Å². The van der Waals surface area contributed by atoms with Gasteiger partial charge >= 0.3 is 0 Å². The Bertz CT molecular complexity index is 766. The van der Waals surface area contributed by atoms with E-state index in [9.17, 15) is 0 Å². The Labute approximate surface area is 131 Å². The van der Waals surface area contributed by atoms with Crippen LogP contribution in [-0.2, 0) is 6.61 Å². The van der Waals surface area contributed by atoms with Gasteiger partial charge in [-0.3, -0.25) is 0 Å². The molecule has 3 rings (SSSR count). The summed E-state index contributed by atoms with van der Waals surface area (Å²) < 4.78 is 5.89. The third-order valence-corrected chi connectivity index (χ3v) is 3.63. The topological polar surface area (TPSA) is 35.2 Å². The lowest BCUT2D eigenvalue weighted by Gasteiger charge is -2.11. The van der Waals surface area contributed by atoms with Crippen LogP contribution in [0.15, 0.2) is 72.8 Å². The molecule has 0 aromatic heterocycles. The smallest absolute Gasteiger partial charge is 0.122 e. The first-order valence-corrected chi connectivity index (χ1v) is 7.36. The fourth-order valence-electron chi connectivity index (χ4n) is 2.50. The van der Waals surface area contributed by atoms with Crippen LogP contribution in [0.2, 0.25) is 0 Å². The van der Waals surface area contributed by atoms with Crippen molar-refractivity contribution < 1.29 is 4.74 Å². The van der Waals surface area contributed by atoms with E-state index < -0.39 is 0 Å². The second-order valence-corrected chi connectivity index (χ2v) is 5.38. The molecule has 2 heteroatoms. The first-order valence-electron chi connectivity index (χ1n) is 7.36. The number of hydrogen-bond donors (Lipinski definition) is 1. The van der Waals surface area contributed by atoms with Crippen LogP contribution in [0.5, 0.6) is 5.75 Å². The van der Waals surface area contributed by atoms with Crippen LogP contribution in [0.25, 0.3) is 11.1 Å². The van der Waals surface area contributed by atoms with E-state index in [0.717, 1.165) is 16.9 Å². The molecule has 2 N–H and O–H groups in total. The Kier molecular flexibility index (Phi) is 4.10. The molecule has 2 nitrogen and oxygen atoms in total. The van der Waals surface area contributed by atoms with Gasteiger partial charge in [-0.25, -0.2) is 0 Å². The first-order chi connectivity index (χ1) is 10.7. The summed E-state index contributed by atoms with van der Waals surface area (Å²) in [4.78, 5) is 0. The molecule has 22 heavy (non-hydrogen) atoms. The average Bonchev–Trinajstić information content (AvgIpc) is 2.54. The minimum atomic E-state index is 0.539. The van der Waals surface area contributed by atoms with Gasteiger partial charge < -0.3 is 10.5 Å². The maximum Gasteiger partial charge on any atom is 0.122 e. The van der Waals surface area contributed by atoms with Gasteiger partial charge in [-0.1, -0.05) is 54.6 Å². The predicted octanol–water partition coefficient (Wildman–Crippen LogP) is 4.82. The highest BCUT2D eigenvalue weighted by atomic mass is 16.5. The van der Waals surface area contributed by atoms with Crippen LogP contribution in [-0.4, -0.2) is 0 Å². The standard InChI is InChI=1S/C20H19NO/c1-15-7-5-6-10-20(15)17-11-18(21)13-19(12-17)22-14-16-8-3-2-4-9-16/h2-13H,14,21H2,1H3. The SMILES string of the molecule is Cc1ccccc1-c1cc(N)cc(OCc2ccccc2)c1. The molecule has 0 saturated carbocycles. The van der Waals surface area contributed by atoms with Crippen LogP contribution in [0, 0.1) is 6.92 Å². The second-order valence-electron chi connectivity index (χ2n) is 5.38. The van der Waals surface area contributed by atoms with Gasteiger partial charge in [-0.05, 0) is 41.3 Å². The van der Waals surface area contributed by atoms with Gasteiger partial charge in [0.15, 0.2) is 0 Å². The molecule has 0 heterocycles. The van der Waals surface area contributed by atoms with E-state index in [1.54, 1.807) is 0 Å². The summed E-state index contributed by atoms with van der Waals surface area (Å²) in [6, 6.07) is 24.3. The lowest BCUT2D eigenvalue weighted by Crippen LogP contribution is -1.97. The van der Waals surface area contributed by atoms with Gasteiger partial charge in [0.1, 0.15) is 12.4 Å². The van der Waals surface area contributed by atoms with Gasteiger partial charge in [-0.15, -0.1) is 0 Å². The maximum absolute atomic E-state index is 6.04. The van der Waals surface area contributed by atoms with Gasteiger partial charge in [0.05, 0.1) is 0 Å². The molecular weight excluding hydrogens is 270 g/mol. The fourth-order valence-corrected chi connectivity index (χ4v) is 2.50. The highest BCUT2D eigenvalue weighted by Gasteiger charge is 2.05. The molecule has 0 atom stereocenters. The van der Waals surface area contributed by atoms with Crippen LogP contribution in [0.1, 0.15) is 11.1 Å². The van der Waals surface area contributed by atoms with Gasteiger partial charge in [0, 0.05) is 11.8 Å². The zero-order valence-corrected chi connectivity index (χ0v) is 12.6. The van der Waals surface area contributed by atoms with Gasteiger partial charge in [-0.2, -0.15) is 0 Å². The van der Waals surface area contributed by atoms with Crippen molar-refractivity contribution in [3.05, 3.63) is 83.9 Å². The monoisotopic (exact) mass is 289 g/mol. The molecule has 3 aromatic rings. The Balaban J connectivity index is 1.86. The number of rotatable bonds is 4.